The van der Waals surface area contributed by atoms with Crippen LogP contribution in [0.1, 0.15) is 46.5 Å². The van der Waals surface area contributed by atoms with Gasteiger partial charge in [-0.3, -0.25) is 4.90 Å². The quantitative estimate of drug-likeness (QED) is 0.775. The van der Waals surface area contributed by atoms with Gasteiger partial charge in [0, 0.05) is 26.2 Å². The molecule has 0 spiro atoms. The molecule has 0 aromatic rings. The first-order valence-corrected chi connectivity index (χ1v) is 7.35. The predicted molar refractivity (Wildman–Crippen MR) is 74.2 cm³/mol. The highest BCUT2D eigenvalue weighted by molar-refractivity contribution is 5.11. The first-order chi connectivity index (χ1) is 8.48. The summed E-state index contributed by atoms with van der Waals surface area (Å²) in [6.45, 7) is 11.1. The molecule has 0 aromatic carbocycles. The first-order valence-electron chi connectivity index (χ1n) is 7.35. The lowest BCUT2D eigenvalue weighted by molar-refractivity contribution is 0.0450. The summed E-state index contributed by atoms with van der Waals surface area (Å²) in [7, 11) is 0. The Morgan fingerprint density at radius 3 is 2.17 bits per heavy atom. The third kappa shape index (κ3) is 2.70. The van der Waals surface area contributed by atoms with Crippen LogP contribution >= 0.6 is 0 Å². The fraction of sp³-hybridized carbons (Fsp3) is 0.933. The summed E-state index contributed by atoms with van der Waals surface area (Å²) in [6, 6.07) is 2.66. The van der Waals surface area contributed by atoms with Gasteiger partial charge in [-0.05, 0) is 37.0 Å². The van der Waals surface area contributed by atoms with E-state index in [0.717, 1.165) is 44.9 Å². The van der Waals surface area contributed by atoms with Gasteiger partial charge in [-0.1, -0.05) is 20.8 Å². The number of nitrogens with zero attached hydrogens (tertiary/aromatic N) is 2. The van der Waals surface area contributed by atoms with Gasteiger partial charge >= 0.3 is 0 Å². The molecule has 3 nitrogen and oxygen atoms in total. The van der Waals surface area contributed by atoms with Crippen molar-refractivity contribution >= 4 is 0 Å². The van der Waals surface area contributed by atoms with Crippen molar-refractivity contribution in [2.75, 3.05) is 26.2 Å². The van der Waals surface area contributed by atoms with Crippen LogP contribution in [0, 0.1) is 22.7 Å². The third-order valence-corrected chi connectivity index (χ3v) is 4.97. The monoisotopic (exact) mass is 249 g/mol. The standard InChI is InChI=1S/C15H27N3/c1-14(2,3)13-4-6-15(12-16,7-5-13)18-10-8-17-9-11-18/h13,17H,4-11H2,1-3H3. The van der Waals surface area contributed by atoms with Gasteiger partial charge < -0.3 is 5.32 Å². The molecule has 1 N–H and O–H groups in total. The molecule has 2 rings (SSSR count). The van der Waals surface area contributed by atoms with Crippen LogP contribution in [0.3, 0.4) is 0 Å². The van der Waals surface area contributed by atoms with E-state index >= 15 is 0 Å². The molecule has 18 heavy (non-hydrogen) atoms. The zero-order chi connectivity index (χ0) is 13.2. The summed E-state index contributed by atoms with van der Waals surface area (Å²) in [4.78, 5) is 2.43. The van der Waals surface area contributed by atoms with Gasteiger partial charge in [-0.25, -0.2) is 0 Å². The van der Waals surface area contributed by atoms with E-state index < -0.39 is 0 Å². The molecular formula is C15H27N3. The molecule has 0 bridgehead atoms. The van der Waals surface area contributed by atoms with Gasteiger partial charge in [0.1, 0.15) is 5.54 Å². The van der Waals surface area contributed by atoms with Gasteiger partial charge in [0.2, 0.25) is 0 Å². The van der Waals surface area contributed by atoms with Crippen molar-refractivity contribution in [1.82, 2.24) is 10.2 Å². The Bertz CT molecular complexity index is 310. The molecule has 2 aliphatic rings. The second-order valence-electron chi connectivity index (χ2n) is 7.02. The van der Waals surface area contributed by atoms with E-state index in [1.807, 2.05) is 0 Å². The Kier molecular flexibility index (Phi) is 3.99. The Morgan fingerprint density at radius 1 is 1.17 bits per heavy atom. The highest BCUT2D eigenvalue weighted by atomic mass is 15.2. The second-order valence-corrected chi connectivity index (χ2v) is 7.02. The number of rotatable bonds is 1. The summed E-state index contributed by atoms with van der Waals surface area (Å²) in [6.07, 6.45) is 4.54. The van der Waals surface area contributed by atoms with Crippen molar-refractivity contribution in [1.29, 1.82) is 5.26 Å². The van der Waals surface area contributed by atoms with Crippen molar-refractivity contribution in [3.63, 3.8) is 0 Å². The van der Waals surface area contributed by atoms with Crippen LogP contribution in [-0.2, 0) is 0 Å². The number of nitriles is 1. The molecule has 102 valence electrons. The molecule has 3 heteroatoms. The molecule has 0 aromatic heterocycles. The van der Waals surface area contributed by atoms with Crippen LogP contribution < -0.4 is 5.32 Å². The number of hydrogen-bond acceptors (Lipinski definition) is 3. The lowest BCUT2D eigenvalue weighted by Gasteiger charge is -2.47. The maximum Gasteiger partial charge on any atom is 0.109 e. The van der Waals surface area contributed by atoms with Crippen LogP contribution in [0.15, 0.2) is 0 Å². The minimum absolute atomic E-state index is 0.163. The normalized spacial score (nSPS) is 35.1. The first kappa shape index (κ1) is 13.8. The van der Waals surface area contributed by atoms with Crippen molar-refractivity contribution in [3.8, 4) is 6.07 Å². The smallest absolute Gasteiger partial charge is 0.109 e. The molecule has 2 fully saturated rings. The Morgan fingerprint density at radius 2 is 1.72 bits per heavy atom. The van der Waals surface area contributed by atoms with E-state index in [1.54, 1.807) is 0 Å². The second kappa shape index (κ2) is 5.19. The van der Waals surface area contributed by atoms with Crippen molar-refractivity contribution in [2.45, 2.75) is 52.0 Å². The van der Waals surface area contributed by atoms with E-state index in [9.17, 15) is 5.26 Å². The average Bonchev–Trinajstić information content (AvgIpc) is 2.39. The van der Waals surface area contributed by atoms with Gasteiger partial charge in [0.05, 0.1) is 6.07 Å². The largest absolute Gasteiger partial charge is 0.314 e. The predicted octanol–water partition coefficient (Wildman–Crippen LogP) is 2.39. The molecule has 1 saturated heterocycles. The van der Waals surface area contributed by atoms with E-state index in [-0.39, 0.29) is 5.54 Å². The highest BCUT2D eigenvalue weighted by Crippen LogP contribution is 2.43. The zero-order valence-corrected chi connectivity index (χ0v) is 12.1. The SMILES string of the molecule is CC(C)(C)C1CCC(C#N)(N2CCNCC2)CC1. The van der Waals surface area contributed by atoms with Crippen molar-refractivity contribution in [2.24, 2.45) is 11.3 Å². The average molecular weight is 249 g/mol. The number of piperazine rings is 1. The van der Waals surface area contributed by atoms with Crippen LogP contribution in [0.25, 0.3) is 0 Å². The molecule has 1 aliphatic heterocycles. The van der Waals surface area contributed by atoms with Gasteiger partial charge in [-0.2, -0.15) is 5.26 Å². The number of hydrogen-bond donors (Lipinski definition) is 1. The van der Waals surface area contributed by atoms with Gasteiger partial charge in [0.25, 0.3) is 0 Å². The molecule has 0 unspecified atom stereocenters. The fourth-order valence-corrected chi connectivity index (χ4v) is 3.55. The summed E-state index contributed by atoms with van der Waals surface area (Å²) < 4.78 is 0. The number of nitrogens with one attached hydrogen (secondary N) is 1. The molecule has 1 heterocycles. The van der Waals surface area contributed by atoms with E-state index in [0.29, 0.717) is 5.41 Å². The zero-order valence-electron chi connectivity index (χ0n) is 12.1. The molecule has 1 aliphatic carbocycles. The van der Waals surface area contributed by atoms with Crippen LogP contribution in [0.4, 0.5) is 0 Å². The molecule has 0 amide bonds. The molecular weight excluding hydrogens is 222 g/mol. The van der Waals surface area contributed by atoms with E-state index in [4.69, 9.17) is 0 Å². The summed E-state index contributed by atoms with van der Waals surface area (Å²) in [5.41, 5.74) is 0.231. The van der Waals surface area contributed by atoms with Crippen LogP contribution in [0.2, 0.25) is 0 Å². The fourth-order valence-electron chi connectivity index (χ4n) is 3.55. The Hall–Kier alpha value is -0.590. The maximum absolute atomic E-state index is 9.67. The van der Waals surface area contributed by atoms with Gasteiger partial charge in [-0.15, -0.1) is 0 Å². The van der Waals surface area contributed by atoms with Crippen molar-refractivity contribution in [3.05, 3.63) is 0 Å². The lowest BCUT2D eigenvalue weighted by Crippen LogP contribution is -2.57. The summed E-state index contributed by atoms with van der Waals surface area (Å²) >= 11 is 0. The lowest BCUT2D eigenvalue weighted by atomic mass is 9.67. The Balaban J connectivity index is 2.02. The summed E-state index contributed by atoms with van der Waals surface area (Å²) in [5.74, 6) is 0.780. The van der Waals surface area contributed by atoms with Crippen molar-refractivity contribution < 1.29 is 0 Å². The van der Waals surface area contributed by atoms with Crippen LogP contribution in [-0.4, -0.2) is 36.6 Å². The van der Waals surface area contributed by atoms with E-state index in [1.165, 1.54) is 12.8 Å². The summed E-state index contributed by atoms with van der Waals surface area (Å²) in [5, 5.41) is 13.0. The minimum Gasteiger partial charge on any atom is -0.314 e. The van der Waals surface area contributed by atoms with Crippen LogP contribution in [0.5, 0.6) is 0 Å². The highest BCUT2D eigenvalue weighted by Gasteiger charge is 2.43. The molecule has 0 radical (unpaired) electrons. The topological polar surface area (TPSA) is 39.1 Å². The maximum atomic E-state index is 9.67. The molecule has 0 atom stereocenters. The molecule has 1 saturated carbocycles. The van der Waals surface area contributed by atoms with E-state index in [2.05, 4.69) is 37.1 Å². The Labute approximate surface area is 112 Å². The van der Waals surface area contributed by atoms with Gasteiger partial charge in [0.15, 0.2) is 0 Å². The third-order valence-electron chi connectivity index (χ3n) is 4.97. The minimum atomic E-state index is -0.163.